The number of aliphatic carboxylic acids is 1. The maximum atomic E-state index is 12.6. The van der Waals surface area contributed by atoms with E-state index in [1.807, 2.05) is 12.2 Å². The van der Waals surface area contributed by atoms with E-state index in [1.54, 1.807) is 0 Å². The third-order valence-electron chi connectivity index (χ3n) is 4.69. The van der Waals surface area contributed by atoms with Gasteiger partial charge in [-0.25, -0.2) is 0 Å². The number of rotatable bonds is 5. The fourth-order valence-electron chi connectivity index (χ4n) is 3.62. The number of nitrogens with zero attached hydrogens (tertiary/aromatic N) is 1. The lowest BCUT2D eigenvalue weighted by Gasteiger charge is -2.28. The zero-order chi connectivity index (χ0) is 17.4. The molecule has 1 fully saturated rings. The Balaban J connectivity index is 1.87. The molecule has 1 aromatic carbocycles. The Morgan fingerprint density at radius 2 is 1.92 bits per heavy atom. The number of benzene rings is 1. The summed E-state index contributed by atoms with van der Waals surface area (Å²) in [5.74, 6) is -3.50. The highest BCUT2D eigenvalue weighted by Crippen LogP contribution is 2.48. The van der Waals surface area contributed by atoms with Crippen molar-refractivity contribution >= 4 is 23.3 Å². The summed E-state index contributed by atoms with van der Waals surface area (Å²) < 4.78 is 5.10. The minimum absolute atomic E-state index is 0.139. The van der Waals surface area contributed by atoms with Gasteiger partial charge in [0.05, 0.1) is 23.6 Å². The molecule has 8 heteroatoms. The Hall–Kier alpha value is -2.90. The Labute approximate surface area is 137 Å². The van der Waals surface area contributed by atoms with Gasteiger partial charge in [-0.3, -0.25) is 14.9 Å². The lowest BCUT2D eigenvalue weighted by molar-refractivity contribution is -0.384. The minimum Gasteiger partial charge on any atom is -0.550 e. The summed E-state index contributed by atoms with van der Waals surface area (Å²) in [6.07, 6.45) is 4.25. The smallest absolute Gasteiger partial charge is 0.271 e. The van der Waals surface area contributed by atoms with Crippen molar-refractivity contribution in [2.24, 2.45) is 23.7 Å². The van der Waals surface area contributed by atoms with Crippen LogP contribution >= 0.6 is 0 Å². The fourth-order valence-corrected chi connectivity index (χ4v) is 3.62. The molecular formula is C16H15N2O6-. The molecule has 1 aromatic rings. The minimum atomic E-state index is -1.25. The molecule has 0 aliphatic heterocycles. The van der Waals surface area contributed by atoms with E-state index in [-0.39, 0.29) is 29.0 Å². The van der Waals surface area contributed by atoms with Crippen LogP contribution in [0, 0.1) is 33.8 Å². The molecule has 0 aromatic heterocycles. The molecule has 1 saturated carbocycles. The lowest BCUT2D eigenvalue weighted by atomic mass is 9.82. The number of anilines is 1. The van der Waals surface area contributed by atoms with Gasteiger partial charge < -0.3 is 20.0 Å². The summed E-state index contributed by atoms with van der Waals surface area (Å²) in [5.41, 5.74) is -0.0593. The molecule has 2 aliphatic carbocycles. The SMILES string of the molecule is COc1ccc([N+](=O)[O-])cc1NC(=O)[C@@H]1[C@@H](C(=O)[O-])[C@H]2C=C[C@H]1C2. The number of ether oxygens (including phenoxy) is 1. The second kappa shape index (κ2) is 5.95. The maximum absolute atomic E-state index is 12.6. The van der Waals surface area contributed by atoms with Crippen molar-refractivity contribution < 1.29 is 24.4 Å². The van der Waals surface area contributed by atoms with Crippen molar-refractivity contribution in [2.75, 3.05) is 12.4 Å². The summed E-state index contributed by atoms with van der Waals surface area (Å²) >= 11 is 0. The molecule has 1 N–H and O–H groups in total. The third-order valence-corrected chi connectivity index (χ3v) is 4.69. The normalized spacial score (nSPS) is 27.0. The van der Waals surface area contributed by atoms with Crippen LogP contribution in [0.25, 0.3) is 0 Å². The molecule has 3 rings (SSSR count). The maximum Gasteiger partial charge on any atom is 0.271 e. The number of nitrogens with one attached hydrogen (secondary N) is 1. The number of carbonyl (C=O) groups is 2. The van der Waals surface area contributed by atoms with Crippen LogP contribution < -0.4 is 15.2 Å². The molecule has 24 heavy (non-hydrogen) atoms. The largest absolute Gasteiger partial charge is 0.550 e. The van der Waals surface area contributed by atoms with E-state index in [0.717, 1.165) is 0 Å². The van der Waals surface area contributed by atoms with Gasteiger partial charge in [0.1, 0.15) is 5.75 Å². The second-order valence-electron chi connectivity index (χ2n) is 5.95. The number of carboxylic acids is 1. The van der Waals surface area contributed by atoms with Crippen molar-refractivity contribution in [2.45, 2.75) is 6.42 Å². The predicted molar refractivity (Wildman–Crippen MR) is 81.0 cm³/mol. The Bertz CT molecular complexity index is 744. The van der Waals surface area contributed by atoms with Crippen LogP contribution in [0.4, 0.5) is 11.4 Å². The lowest BCUT2D eigenvalue weighted by Crippen LogP contribution is -2.42. The van der Waals surface area contributed by atoms with Crippen molar-refractivity contribution in [3.8, 4) is 5.75 Å². The Morgan fingerprint density at radius 1 is 1.25 bits per heavy atom. The average molecular weight is 331 g/mol. The summed E-state index contributed by atoms with van der Waals surface area (Å²) in [6, 6.07) is 3.83. The first kappa shape index (κ1) is 16.0. The standard InChI is InChI=1S/C16H16N2O6/c1-24-12-5-4-10(18(22)23)7-11(12)17-15(19)13-8-2-3-9(6-8)14(13)16(20)21/h2-5,7-9,13-14H,6H2,1H3,(H,17,19)(H,20,21)/p-1/t8-,9-,13-,14-/m0/s1. The number of nitro benzene ring substituents is 1. The van der Waals surface area contributed by atoms with Gasteiger partial charge >= 0.3 is 0 Å². The number of amides is 1. The first-order valence-electron chi connectivity index (χ1n) is 7.45. The molecule has 0 spiro atoms. The molecule has 4 atom stereocenters. The highest BCUT2D eigenvalue weighted by Gasteiger charge is 2.48. The van der Waals surface area contributed by atoms with E-state index in [2.05, 4.69) is 5.32 Å². The first-order chi connectivity index (χ1) is 11.4. The number of non-ortho nitro benzene ring substituents is 1. The molecule has 8 nitrogen and oxygen atoms in total. The van der Waals surface area contributed by atoms with E-state index in [4.69, 9.17) is 4.74 Å². The summed E-state index contributed by atoms with van der Waals surface area (Å²) in [4.78, 5) is 34.3. The Morgan fingerprint density at radius 3 is 2.50 bits per heavy atom. The van der Waals surface area contributed by atoms with E-state index in [1.165, 1.54) is 25.3 Å². The van der Waals surface area contributed by atoms with Crippen LogP contribution in [0.2, 0.25) is 0 Å². The molecule has 0 saturated heterocycles. The van der Waals surface area contributed by atoms with Crippen LogP contribution in [0.15, 0.2) is 30.4 Å². The van der Waals surface area contributed by atoms with Gasteiger partial charge in [0.2, 0.25) is 5.91 Å². The number of carboxylic acid groups (broad SMARTS) is 1. The van der Waals surface area contributed by atoms with Gasteiger partial charge in [-0.15, -0.1) is 0 Å². The van der Waals surface area contributed by atoms with Gasteiger partial charge in [-0.05, 0) is 24.3 Å². The number of carbonyl (C=O) groups excluding carboxylic acids is 2. The highest BCUT2D eigenvalue weighted by molar-refractivity contribution is 5.97. The van der Waals surface area contributed by atoms with E-state index < -0.39 is 28.6 Å². The average Bonchev–Trinajstić information content (AvgIpc) is 3.15. The van der Waals surface area contributed by atoms with Crippen molar-refractivity contribution in [3.63, 3.8) is 0 Å². The van der Waals surface area contributed by atoms with Gasteiger partial charge in [-0.2, -0.15) is 0 Å². The number of hydrogen-bond donors (Lipinski definition) is 1. The zero-order valence-electron chi connectivity index (χ0n) is 12.8. The third kappa shape index (κ3) is 2.60. The van der Waals surface area contributed by atoms with Gasteiger partial charge in [-0.1, -0.05) is 12.2 Å². The molecule has 0 radical (unpaired) electrons. The van der Waals surface area contributed by atoms with Crippen LogP contribution in [-0.2, 0) is 9.59 Å². The van der Waals surface area contributed by atoms with Crippen molar-refractivity contribution in [3.05, 3.63) is 40.5 Å². The van der Waals surface area contributed by atoms with Crippen LogP contribution in [-0.4, -0.2) is 23.9 Å². The molecule has 0 unspecified atom stereocenters. The van der Waals surface area contributed by atoms with Crippen molar-refractivity contribution in [1.29, 1.82) is 0 Å². The number of nitro groups is 1. The summed E-state index contributed by atoms with van der Waals surface area (Å²) in [6.45, 7) is 0. The summed E-state index contributed by atoms with van der Waals surface area (Å²) in [7, 11) is 1.38. The number of allylic oxidation sites excluding steroid dienone is 2. The van der Waals surface area contributed by atoms with Gasteiger partial charge in [0, 0.05) is 24.0 Å². The number of fused-ring (bicyclic) bond motifs is 2. The van der Waals surface area contributed by atoms with E-state index >= 15 is 0 Å². The van der Waals surface area contributed by atoms with Crippen molar-refractivity contribution in [1.82, 2.24) is 0 Å². The number of hydrogen-bond acceptors (Lipinski definition) is 6. The fraction of sp³-hybridized carbons (Fsp3) is 0.375. The predicted octanol–water partition coefficient (Wildman–Crippen LogP) is 0.730. The van der Waals surface area contributed by atoms with Crippen LogP contribution in [0.1, 0.15) is 6.42 Å². The van der Waals surface area contributed by atoms with Gasteiger partial charge in [0.25, 0.3) is 5.69 Å². The van der Waals surface area contributed by atoms with E-state index in [9.17, 15) is 24.8 Å². The second-order valence-corrected chi connectivity index (χ2v) is 5.95. The molecule has 1 amide bonds. The quantitative estimate of drug-likeness (QED) is 0.482. The molecule has 2 aliphatic rings. The molecule has 2 bridgehead atoms. The summed E-state index contributed by atoms with van der Waals surface area (Å²) in [5, 5.41) is 24.9. The monoisotopic (exact) mass is 331 g/mol. The van der Waals surface area contributed by atoms with E-state index in [0.29, 0.717) is 6.42 Å². The zero-order valence-corrected chi connectivity index (χ0v) is 12.8. The molecular weight excluding hydrogens is 316 g/mol. The highest BCUT2D eigenvalue weighted by atomic mass is 16.6. The first-order valence-corrected chi connectivity index (χ1v) is 7.45. The molecule has 126 valence electrons. The van der Waals surface area contributed by atoms with Crippen LogP contribution in [0.5, 0.6) is 5.75 Å². The van der Waals surface area contributed by atoms with Gasteiger partial charge in [0.15, 0.2) is 0 Å². The topological polar surface area (TPSA) is 122 Å². The van der Waals surface area contributed by atoms with Crippen LogP contribution in [0.3, 0.4) is 0 Å². The Kier molecular flexibility index (Phi) is 3.96. The molecule has 0 heterocycles. The number of methoxy groups -OCH3 is 1.